The van der Waals surface area contributed by atoms with E-state index in [4.69, 9.17) is 23.2 Å². The first kappa shape index (κ1) is 21.5. The van der Waals surface area contributed by atoms with E-state index in [0.29, 0.717) is 41.8 Å². The number of nitrogens with zero attached hydrogens (tertiary/aromatic N) is 4. The van der Waals surface area contributed by atoms with E-state index in [1.54, 1.807) is 30.5 Å². The first-order chi connectivity index (χ1) is 15.5. The van der Waals surface area contributed by atoms with Crippen LogP contribution in [0, 0.1) is 0 Å². The van der Waals surface area contributed by atoms with Crippen LogP contribution in [0.25, 0.3) is 10.8 Å². The summed E-state index contributed by atoms with van der Waals surface area (Å²) in [6.07, 6.45) is 1.31. The number of hydrogen-bond donors (Lipinski definition) is 1. The van der Waals surface area contributed by atoms with E-state index in [9.17, 15) is 9.90 Å². The molecule has 0 radical (unpaired) electrons. The average molecular weight is 471 g/mol. The Morgan fingerprint density at radius 1 is 0.938 bits per heavy atom. The Balaban J connectivity index is 1.25. The SMILES string of the molecule is O=C(c1ccc(Cl)cc1)N1CCN(C2CN(c3nccc4cc(Cl)ccc34)CC2O)CC1. The smallest absolute Gasteiger partial charge is 0.253 e. The van der Waals surface area contributed by atoms with Gasteiger partial charge in [-0.15, -0.1) is 0 Å². The molecule has 2 aliphatic rings. The normalized spacial score (nSPS) is 22.0. The van der Waals surface area contributed by atoms with Crippen molar-refractivity contribution in [2.45, 2.75) is 12.1 Å². The Bertz CT molecular complexity index is 1130. The van der Waals surface area contributed by atoms with Crippen molar-refractivity contribution >= 4 is 45.7 Å². The number of amides is 1. The zero-order chi connectivity index (χ0) is 22.2. The number of halogens is 2. The predicted octanol–water partition coefficient (Wildman–Crippen LogP) is 3.55. The van der Waals surface area contributed by atoms with Gasteiger partial charge in [-0.25, -0.2) is 4.98 Å². The van der Waals surface area contributed by atoms with Crippen LogP contribution in [0.2, 0.25) is 10.0 Å². The molecule has 2 saturated heterocycles. The Hall–Kier alpha value is -2.38. The molecule has 2 fully saturated rings. The van der Waals surface area contributed by atoms with Crippen molar-refractivity contribution in [3.05, 3.63) is 70.3 Å². The van der Waals surface area contributed by atoms with Crippen molar-refractivity contribution in [2.75, 3.05) is 44.2 Å². The van der Waals surface area contributed by atoms with Gasteiger partial charge in [-0.3, -0.25) is 9.69 Å². The molecule has 5 rings (SSSR count). The van der Waals surface area contributed by atoms with Crippen molar-refractivity contribution in [1.29, 1.82) is 0 Å². The maximum atomic E-state index is 12.8. The molecule has 1 N–H and O–H groups in total. The first-order valence-electron chi connectivity index (χ1n) is 10.8. The molecule has 0 saturated carbocycles. The van der Waals surface area contributed by atoms with Gasteiger partial charge in [0.25, 0.3) is 5.91 Å². The molecular formula is C24H24Cl2N4O2. The summed E-state index contributed by atoms with van der Waals surface area (Å²) in [5.74, 6) is 0.894. The maximum absolute atomic E-state index is 12.8. The molecule has 3 aromatic rings. The lowest BCUT2D eigenvalue weighted by Gasteiger charge is -2.38. The molecule has 166 valence electrons. The molecule has 2 atom stereocenters. The summed E-state index contributed by atoms with van der Waals surface area (Å²) in [6.45, 7) is 3.96. The van der Waals surface area contributed by atoms with Crippen LogP contribution < -0.4 is 4.90 Å². The predicted molar refractivity (Wildman–Crippen MR) is 128 cm³/mol. The molecule has 1 amide bonds. The van der Waals surface area contributed by atoms with Crippen molar-refractivity contribution in [3.63, 3.8) is 0 Å². The summed E-state index contributed by atoms with van der Waals surface area (Å²) >= 11 is 12.1. The van der Waals surface area contributed by atoms with Crippen LogP contribution in [0.3, 0.4) is 0 Å². The average Bonchev–Trinajstić information content (AvgIpc) is 3.20. The van der Waals surface area contributed by atoms with Crippen molar-refractivity contribution in [3.8, 4) is 0 Å². The topological polar surface area (TPSA) is 59.9 Å². The fourth-order valence-corrected chi connectivity index (χ4v) is 5.02. The van der Waals surface area contributed by atoms with Crippen LogP contribution in [0.4, 0.5) is 5.82 Å². The molecule has 6 nitrogen and oxygen atoms in total. The second kappa shape index (κ2) is 8.87. The van der Waals surface area contributed by atoms with Gasteiger partial charge in [0.1, 0.15) is 5.82 Å². The van der Waals surface area contributed by atoms with Crippen molar-refractivity contribution in [2.24, 2.45) is 0 Å². The number of carbonyl (C=O) groups excluding carboxylic acids is 1. The lowest BCUT2D eigenvalue weighted by Crippen LogP contribution is -2.54. The highest BCUT2D eigenvalue weighted by Gasteiger charge is 2.38. The maximum Gasteiger partial charge on any atom is 0.253 e. The Morgan fingerprint density at radius 3 is 2.41 bits per heavy atom. The lowest BCUT2D eigenvalue weighted by molar-refractivity contribution is 0.0376. The highest BCUT2D eigenvalue weighted by Crippen LogP contribution is 2.30. The summed E-state index contributed by atoms with van der Waals surface area (Å²) < 4.78 is 0. The minimum Gasteiger partial charge on any atom is -0.390 e. The number of β-amino-alcohol motifs (C(OH)–C–C–N with tert-alkyl or cyclic N) is 1. The number of anilines is 1. The quantitative estimate of drug-likeness (QED) is 0.634. The molecule has 8 heteroatoms. The summed E-state index contributed by atoms with van der Waals surface area (Å²) in [7, 11) is 0. The third-order valence-electron chi connectivity index (χ3n) is 6.43. The minimum atomic E-state index is -0.474. The van der Waals surface area contributed by atoms with Gasteiger partial charge in [0, 0.05) is 66.5 Å². The number of hydrogen-bond acceptors (Lipinski definition) is 5. The molecule has 32 heavy (non-hydrogen) atoms. The van der Waals surface area contributed by atoms with Gasteiger partial charge in [-0.05, 0) is 53.9 Å². The number of carbonyl (C=O) groups is 1. The molecule has 2 unspecified atom stereocenters. The monoisotopic (exact) mass is 470 g/mol. The van der Waals surface area contributed by atoms with E-state index in [2.05, 4.69) is 14.8 Å². The van der Waals surface area contributed by atoms with Crippen LogP contribution in [0.1, 0.15) is 10.4 Å². The van der Waals surface area contributed by atoms with Gasteiger partial charge in [-0.1, -0.05) is 23.2 Å². The number of benzene rings is 2. The van der Waals surface area contributed by atoms with Crippen LogP contribution in [0.15, 0.2) is 54.7 Å². The van der Waals surface area contributed by atoms with E-state index >= 15 is 0 Å². The zero-order valence-corrected chi connectivity index (χ0v) is 19.0. The van der Waals surface area contributed by atoms with Gasteiger partial charge in [0.2, 0.25) is 0 Å². The Labute approximate surface area is 197 Å². The number of aliphatic hydroxyl groups is 1. The molecule has 2 aliphatic heterocycles. The summed E-state index contributed by atoms with van der Waals surface area (Å²) in [5, 5.41) is 14.2. The molecule has 1 aromatic heterocycles. The van der Waals surface area contributed by atoms with Crippen LogP contribution in [0.5, 0.6) is 0 Å². The van der Waals surface area contributed by atoms with Gasteiger partial charge >= 0.3 is 0 Å². The number of aromatic nitrogens is 1. The molecule has 0 spiro atoms. The van der Waals surface area contributed by atoms with E-state index in [1.807, 2.05) is 29.2 Å². The third-order valence-corrected chi connectivity index (χ3v) is 6.91. The van der Waals surface area contributed by atoms with Crippen LogP contribution >= 0.6 is 23.2 Å². The second-order valence-corrected chi connectivity index (χ2v) is 9.25. The molecular weight excluding hydrogens is 447 g/mol. The van der Waals surface area contributed by atoms with Crippen LogP contribution in [-0.4, -0.2) is 77.2 Å². The van der Waals surface area contributed by atoms with Gasteiger partial charge in [-0.2, -0.15) is 0 Å². The number of fused-ring (bicyclic) bond motifs is 1. The number of piperazine rings is 1. The van der Waals surface area contributed by atoms with E-state index in [-0.39, 0.29) is 11.9 Å². The fourth-order valence-electron chi connectivity index (χ4n) is 4.72. The lowest BCUT2D eigenvalue weighted by atomic mass is 10.1. The van der Waals surface area contributed by atoms with E-state index < -0.39 is 6.10 Å². The molecule has 3 heterocycles. The molecule has 0 aliphatic carbocycles. The highest BCUT2D eigenvalue weighted by atomic mass is 35.5. The second-order valence-electron chi connectivity index (χ2n) is 8.37. The van der Waals surface area contributed by atoms with Gasteiger partial charge in [0.15, 0.2) is 0 Å². The standard InChI is InChI=1S/C24H24Cl2N4O2/c25-18-3-1-16(2-4-18)24(32)29-11-9-28(10-12-29)21-14-30(15-22(21)31)23-20-6-5-19(26)13-17(20)7-8-27-23/h1-8,13,21-22,31H,9-12,14-15H2. The van der Waals surface area contributed by atoms with Crippen molar-refractivity contribution < 1.29 is 9.90 Å². The summed E-state index contributed by atoms with van der Waals surface area (Å²) in [4.78, 5) is 23.7. The highest BCUT2D eigenvalue weighted by molar-refractivity contribution is 6.31. The molecule has 2 aromatic carbocycles. The summed E-state index contributed by atoms with van der Waals surface area (Å²) in [6, 6.07) is 14.8. The van der Waals surface area contributed by atoms with E-state index in [1.165, 1.54) is 0 Å². The Morgan fingerprint density at radius 2 is 1.66 bits per heavy atom. The first-order valence-corrected chi connectivity index (χ1v) is 11.5. The largest absolute Gasteiger partial charge is 0.390 e. The summed E-state index contributed by atoms with van der Waals surface area (Å²) in [5.41, 5.74) is 0.650. The Kier molecular flexibility index (Phi) is 5.95. The third kappa shape index (κ3) is 4.16. The minimum absolute atomic E-state index is 0.00661. The van der Waals surface area contributed by atoms with E-state index in [0.717, 1.165) is 29.7 Å². The number of pyridine rings is 1. The fraction of sp³-hybridized carbons (Fsp3) is 0.333. The number of rotatable bonds is 3. The van der Waals surface area contributed by atoms with Crippen molar-refractivity contribution in [1.82, 2.24) is 14.8 Å². The zero-order valence-electron chi connectivity index (χ0n) is 17.5. The van der Waals surface area contributed by atoms with Gasteiger partial charge < -0.3 is 14.9 Å². The van der Waals surface area contributed by atoms with Crippen LogP contribution in [-0.2, 0) is 0 Å². The number of aliphatic hydroxyl groups excluding tert-OH is 1. The molecule has 0 bridgehead atoms. The van der Waals surface area contributed by atoms with Gasteiger partial charge in [0.05, 0.1) is 12.1 Å².